The number of piperidine rings is 1. The predicted octanol–water partition coefficient (Wildman–Crippen LogP) is 3.28. The zero-order valence-electron chi connectivity index (χ0n) is 15.1. The third-order valence-electron chi connectivity index (χ3n) is 6.70. The van der Waals surface area contributed by atoms with Gasteiger partial charge in [0.05, 0.1) is 0 Å². The lowest BCUT2D eigenvalue weighted by Crippen LogP contribution is -2.57. The number of alkyl halides is 3. The summed E-state index contributed by atoms with van der Waals surface area (Å²) in [7, 11) is 0. The number of urea groups is 1. The number of nitrogens with one attached hydrogen (secondary N) is 1. The van der Waals surface area contributed by atoms with Crippen molar-refractivity contribution in [3.8, 4) is 0 Å². The second-order valence-electron chi connectivity index (χ2n) is 8.27. The fourth-order valence-corrected chi connectivity index (χ4v) is 4.98. The van der Waals surface area contributed by atoms with Gasteiger partial charge in [-0.3, -0.25) is 0 Å². The van der Waals surface area contributed by atoms with Crippen LogP contribution < -0.4 is 5.32 Å². The van der Waals surface area contributed by atoms with Crippen molar-refractivity contribution in [1.29, 1.82) is 0 Å². The molecule has 2 N–H and O–H groups in total. The molecule has 4 rings (SSSR count). The van der Waals surface area contributed by atoms with E-state index in [1.165, 1.54) is 16.0 Å². The number of hydrogen-bond acceptors (Lipinski definition) is 2. The van der Waals surface area contributed by atoms with Gasteiger partial charge in [0, 0.05) is 32.0 Å². The van der Waals surface area contributed by atoms with E-state index in [9.17, 15) is 23.1 Å². The van der Waals surface area contributed by atoms with Gasteiger partial charge < -0.3 is 15.3 Å². The third-order valence-corrected chi connectivity index (χ3v) is 6.70. The number of likely N-dealkylation sites (tertiary alicyclic amines) is 1. The molecule has 0 aromatic heterocycles. The molecule has 0 spiro atoms. The first-order chi connectivity index (χ1) is 12.8. The van der Waals surface area contributed by atoms with Gasteiger partial charge in [0.1, 0.15) is 0 Å². The van der Waals surface area contributed by atoms with Crippen LogP contribution in [0.3, 0.4) is 0 Å². The highest BCUT2D eigenvalue weighted by Crippen LogP contribution is 2.41. The van der Waals surface area contributed by atoms with E-state index in [2.05, 4.69) is 17.4 Å². The van der Waals surface area contributed by atoms with Crippen LogP contribution in [0.25, 0.3) is 0 Å². The van der Waals surface area contributed by atoms with Gasteiger partial charge in [0.25, 0.3) is 0 Å². The number of fused-ring (bicyclic) bond motifs is 3. The van der Waals surface area contributed by atoms with E-state index in [0.717, 1.165) is 25.7 Å². The van der Waals surface area contributed by atoms with Crippen molar-refractivity contribution in [2.24, 2.45) is 11.8 Å². The highest BCUT2D eigenvalue weighted by molar-refractivity contribution is 5.74. The maximum absolute atomic E-state index is 12.9. The molecule has 2 aliphatic carbocycles. The minimum Gasteiger partial charge on any atom is -0.380 e. The number of carbonyl (C=O) groups is 1. The molecule has 1 saturated carbocycles. The number of nitrogens with zero attached hydrogens (tertiary/aromatic N) is 1. The number of hydrogen-bond donors (Lipinski definition) is 2. The average molecular weight is 382 g/mol. The summed E-state index contributed by atoms with van der Waals surface area (Å²) in [4.78, 5) is 14.1. The lowest BCUT2D eigenvalue weighted by molar-refractivity contribution is -0.271. The van der Waals surface area contributed by atoms with Crippen LogP contribution >= 0.6 is 0 Å². The molecule has 148 valence electrons. The van der Waals surface area contributed by atoms with Crippen molar-refractivity contribution in [1.82, 2.24) is 10.2 Å². The lowest BCUT2D eigenvalue weighted by atomic mass is 9.91. The van der Waals surface area contributed by atoms with E-state index < -0.39 is 24.6 Å². The van der Waals surface area contributed by atoms with Crippen molar-refractivity contribution in [2.75, 3.05) is 13.1 Å². The van der Waals surface area contributed by atoms with Crippen molar-refractivity contribution in [3.05, 3.63) is 35.4 Å². The van der Waals surface area contributed by atoms with Crippen molar-refractivity contribution >= 4 is 6.03 Å². The maximum atomic E-state index is 12.9. The molecule has 27 heavy (non-hydrogen) atoms. The number of aliphatic hydroxyl groups is 1. The smallest absolute Gasteiger partial charge is 0.380 e. The van der Waals surface area contributed by atoms with E-state index in [1.807, 2.05) is 12.1 Å². The van der Waals surface area contributed by atoms with Gasteiger partial charge in [-0.1, -0.05) is 24.3 Å². The normalized spacial score (nSPS) is 29.8. The number of rotatable bonds is 1. The molecular weight excluding hydrogens is 357 g/mol. The van der Waals surface area contributed by atoms with E-state index in [1.54, 1.807) is 0 Å². The minimum absolute atomic E-state index is 0.0633. The molecule has 2 atom stereocenters. The topological polar surface area (TPSA) is 52.6 Å². The first-order valence-electron chi connectivity index (χ1n) is 9.68. The maximum Gasteiger partial charge on any atom is 0.417 e. The highest BCUT2D eigenvalue weighted by Gasteiger charge is 2.55. The Morgan fingerprint density at radius 1 is 1.07 bits per heavy atom. The van der Waals surface area contributed by atoms with Gasteiger partial charge in [0.2, 0.25) is 0 Å². The summed E-state index contributed by atoms with van der Waals surface area (Å²) in [5.41, 5.74) is 0.0154. The third kappa shape index (κ3) is 3.42. The predicted molar refractivity (Wildman–Crippen MR) is 94.2 cm³/mol. The van der Waals surface area contributed by atoms with E-state index in [-0.39, 0.29) is 25.2 Å². The first-order valence-corrected chi connectivity index (χ1v) is 9.68. The summed E-state index contributed by atoms with van der Waals surface area (Å²) in [6.07, 6.45) is -1.58. The Morgan fingerprint density at radius 3 is 2.07 bits per heavy atom. The van der Waals surface area contributed by atoms with Gasteiger partial charge in [-0.25, -0.2) is 4.79 Å². The second kappa shape index (κ2) is 6.69. The van der Waals surface area contributed by atoms with E-state index in [4.69, 9.17) is 0 Å². The summed E-state index contributed by atoms with van der Waals surface area (Å²) >= 11 is 0. The van der Waals surface area contributed by atoms with Crippen LogP contribution in [-0.4, -0.2) is 46.9 Å². The fourth-order valence-electron chi connectivity index (χ4n) is 4.98. The Labute approximate surface area is 156 Å². The number of benzene rings is 1. The summed E-state index contributed by atoms with van der Waals surface area (Å²) in [6.45, 7) is -0.158. The first kappa shape index (κ1) is 18.6. The molecule has 1 aromatic carbocycles. The van der Waals surface area contributed by atoms with Gasteiger partial charge in [-0.2, -0.15) is 13.2 Å². The van der Waals surface area contributed by atoms with Gasteiger partial charge in [-0.15, -0.1) is 0 Å². The van der Waals surface area contributed by atoms with Crippen LogP contribution in [0.5, 0.6) is 0 Å². The van der Waals surface area contributed by atoms with Crippen molar-refractivity contribution in [2.45, 2.75) is 56.3 Å². The van der Waals surface area contributed by atoms with Gasteiger partial charge in [0.15, 0.2) is 5.60 Å². The Balaban J connectivity index is 1.40. The molecule has 2 unspecified atom stereocenters. The number of halogens is 3. The SMILES string of the molecule is O=C(NC1C2CCC1Cc1ccccc1C2)N1CCC(O)(C(F)(F)F)CC1. The van der Waals surface area contributed by atoms with E-state index >= 15 is 0 Å². The van der Waals surface area contributed by atoms with Crippen LogP contribution in [0.4, 0.5) is 18.0 Å². The molecule has 2 fully saturated rings. The zero-order valence-corrected chi connectivity index (χ0v) is 15.1. The molecule has 4 nitrogen and oxygen atoms in total. The Bertz CT molecular complexity index is 680. The molecule has 7 heteroatoms. The number of carbonyl (C=O) groups excluding carboxylic acids is 1. The number of amides is 2. The molecule has 1 aromatic rings. The summed E-state index contributed by atoms with van der Waals surface area (Å²) in [5, 5.41) is 12.9. The summed E-state index contributed by atoms with van der Waals surface area (Å²) < 4.78 is 38.8. The second-order valence-corrected chi connectivity index (χ2v) is 8.27. The van der Waals surface area contributed by atoms with Crippen LogP contribution in [-0.2, 0) is 12.8 Å². The van der Waals surface area contributed by atoms with Crippen molar-refractivity contribution < 1.29 is 23.1 Å². The Morgan fingerprint density at radius 2 is 1.59 bits per heavy atom. The average Bonchev–Trinajstić information content (AvgIpc) is 2.88. The fraction of sp³-hybridized carbons (Fsp3) is 0.650. The van der Waals surface area contributed by atoms with Crippen LogP contribution in [0, 0.1) is 11.8 Å². The van der Waals surface area contributed by atoms with Crippen molar-refractivity contribution in [3.63, 3.8) is 0 Å². The Hall–Kier alpha value is -1.76. The van der Waals surface area contributed by atoms with E-state index in [0.29, 0.717) is 11.8 Å². The van der Waals surface area contributed by atoms with Crippen LogP contribution in [0.2, 0.25) is 0 Å². The molecule has 1 saturated heterocycles. The molecule has 1 heterocycles. The van der Waals surface area contributed by atoms with Gasteiger partial charge in [-0.05, 0) is 48.6 Å². The monoisotopic (exact) mass is 382 g/mol. The molecule has 2 amide bonds. The lowest BCUT2D eigenvalue weighted by Gasteiger charge is -2.39. The highest BCUT2D eigenvalue weighted by atomic mass is 19.4. The molecular formula is C20H25F3N2O2. The minimum atomic E-state index is -4.65. The molecule has 1 aliphatic heterocycles. The molecule has 2 bridgehead atoms. The van der Waals surface area contributed by atoms with Crippen LogP contribution in [0.15, 0.2) is 24.3 Å². The molecule has 3 aliphatic rings. The Kier molecular flexibility index (Phi) is 4.61. The largest absolute Gasteiger partial charge is 0.417 e. The summed E-state index contributed by atoms with van der Waals surface area (Å²) in [6, 6.07) is 8.15. The van der Waals surface area contributed by atoms with Gasteiger partial charge >= 0.3 is 12.2 Å². The quantitative estimate of drug-likeness (QED) is 0.783. The van der Waals surface area contributed by atoms with Crippen LogP contribution in [0.1, 0.15) is 36.8 Å². The molecule has 0 radical (unpaired) electrons. The summed E-state index contributed by atoms with van der Waals surface area (Å²) in [5.74, 6) is 0.749. The standard InChI is InChI=1S/C20H25F3N2O2/c21-20(22,23)19(27)7-9-25(10-8-19)18(26)24-17-15-5-6-16(17)12-14-4-2-1-3-13(14)11-15/h1-4,15-17,27H,5-12H2,(H,24,26). The zero-order chi connectivity index (χ0) is 19.2.